The van der Waals surface area contributed by atoms with E-state index < -0.39 is 0 Å². The molecule has 1 saturated heterocycles. The van der Waals surface area contributed by atoms with E-state index in [1.807, 2.05) is 24.3 Å². The van der Waals surface area contributed by atoms with Crippen molar-refractivity contribution in [3.63, 3.8) is 0 Å². The summed E-state index contributed by atoms with van der Waals surface area (Å²) >= 11 is 0. The van der Waals surface area contributed by atoms with E-state index in [9.17, 15) is 0 Å². The molecule has 2 aromatic rings. The smallest absolute Gasteiger partial charge is 0.194 e. The third-order valence-corrected chi connectivity index (χ3v) is 4.88. The number of benzene rings is 1. The van der Waals surface area contributed by atoms with E-state index >= 15 is 0 Å². The molecule has 1 aromatic carbocycles. The van der Waals surface area contributed by atoms with Gasteiger partial charge in [-0.25, -0.2) is 0 Å². The van der Waals surface area contributed by atoms with E-state index in [1.165, 1.54) is 5.69 Å². The molecule has 0 radical (unpaired) electrons. The third-order valence-electron chi connectivity index (χ3n) is 4.88. The lowest BCUT2D eigenvalue weighted by Crippen LogP contribution is -2.52. The first-order chi connectivity index (χ1) is 14.3. The minimum atomic E-state index is 0. The number of aliphatic imine (C=N–C) groups is 1. The molecule has 0 spiro atoms. The molecule has 3 rings (SSSR count). The van der Waals surface area contributed by atoms with Crippen molar-refractivity contribution in [2.24, 2.45) is 4.99 Å². The first kappa shape index (κ1) is 24.3. The first-order valence-corrected chi connectivity index (χ1v) is 10.3. The molecule has 166 valence electrons. The number of hydrogen-bond acceptors (Lipinski definition) is 5. The van der Waals surface area contributed by atoms with Crippen LogP contribution in [0.5, 0.6) is 5.75 Å². The normalized spacial score (nSPS) is 14.4. The van der Waals surface area contributed by atoms with Crippen molar-refractivity contribution in [1.29, 1.82) is 0 Å². The molecule has 1 aliphatic heterocycles. The van der Waals surface area contributed by atoms with Crippen LogP contribution < -0.4 is 15.0 Å². The average Bonchev–Trinajstić information content (AvgIpc) is 3.29. The van der Waals surface area contributed by atoms with Crippen LogP contribution in [0.2, 0.25) is 0 Å². The van der Waals surface area contributed by atoms with Crippen molar-refractivity contribution < 1.29 is 13.9 Å². The number of furan rings is 1. The Balaban J connectivity index is 0.00000320. The van der Waals surface area contributed by atoms with E-state index in [0.717, 1.165) is 63.2 Å². The predicted molar refractivity (Wildman–Crippen MR) is 131 cm³/mol. The lowest BCUT2D eigenvalue weighted by molar-refractivity contribution is 0.105. The van der Waals surface area contributed by atoms with Crippen molar-refractivity contribution in [3.8, 4) is 5.75 Å². The van der Waals surface area contributed by atoms with E-state index in [0.29, 0.717) is 13.2 Å². The van der Waals surface area contributed by atoms with Crippen LogP contribution in [0.15, 0.2) is 52.1 Å². The molecule has 0 unspecified atom stereocenters. The number of methoxy groups -OCH3 is 1. The fraction of sp³-hybridized carbons (Fsp3) is 0.500. The van der Waals surface area contributed by atoms with Gasteiger partial charge in [0.05, 0.1) is 13.4 Å². The van der Waals surface area contributed by atoms with Gasteiger partial charge in [0.25, 0.3) is 0 Å². The fourth-order valence-corrected chi connectivity index (χ4v) is 3.31. The summed E-state index contributed by atoms with van der Waals surface area (Å²) in [6.07, 6.45) is 2.56. The zero-order valence-corrected chi connectivity index (χ0v) is 20.2. The second-order valence-electron chi connectivity index (χ2n) is 6.89. The van der Waals surface area contributed by atoms with Crippen LogP contribution in [-0.4, -0.2) is 63.8 Å². The SMILES string of the molecule is CCNC(=NCCCOCc1ccco1)N1CCN(c2ccc(OC)cc2)CC1.I. The number of nitrogens with zero attached hydrogens (tertiary/aromatic N) is 3. The van der Waals surface area contributed by atoms with E-state index in [1.54, 1.807) is 13.4 Å². The van der Waals surface area contributed by atoms with Gasteiger partial charge in [0.2, 0.25) is 0 Å². The predicted octanol–water partition coefficient (Wildman–Crippen LogP) is 3.60. The molecular formula is C22H33IN4O3. The fourth-order valence-electron chi connectivity index (χ4n) is 3.31. The Labute approximate surface area is 196 Å². The van der Waals surface area contributed by atoms with Crippen molar-refractivity contribution in [1.82, 2.24) is 10.2 Å². The Hall–Kier alpha value is -1.94. The van der Waals surface area contributed by atoms with E-state index in [2.05, 4.69) is 34.2 Å². The second kappa shape index (κ2) is 13.4. The van der Waals surface area contributed by atoms with Crippen LogP contribution in [0.4, 0.5) is 5.69 Å². The highest BCUT2D eigenvalue weighted by Crippen LogP contribution is 2.20. The van der Waals surface area contributed by atoms with Crippen LogP contribution in [0.3, 0.4) is 0 Å². The van der Waals surface area contributed by atoms with E-state index in [4.69, 9.17) is 18.9 Å². The maximum absolute atomic E-state index is 5.63. The molecule has 0 saturated carbocycles. The van der Waals surface area contributed by atoms with Crippen LogP contribution in [0.25, 0.3) is 0 Å². The molecule has 1 N–H and O–H groups in total. The minimum Gasteiger partial charge on any atom is -0.497 e. The summed E-state index contributed by atoms with van der Waals surface area (Å²) in [5, 5.41) is 3.42. The van der Waals surface area contributed by atoms with Crippen molar-refractivity contribution in [2.75, 3.05) is 57.9 Å². The molecule has 0 aliphatic carbocycles. The number of hydrogen-bond donors (Lipinski definition) is 1. The van der Waals surface area contributed by atoms with Gasteiger partial charge in [-0.3, -0.25) is 4.99 Å². The molecule has 0 bridgehead atoms. The Kier molecular flexibility index (Phi) is 10.9. The topological polar surface area (TPSA) is 62.5 Å². The Morgan fingerprint density at radius 2 is 1.90 bits per heavy atom. The minimum absolute atomic E-state index is 0. The number of halogens is 1. The maximum Gasteiger partial charge on any atom is 0.194 e. The Morgan fingerprint density at radius 3 is 2.53 bits per heavy atom. The molecule has 0 amide bonds. The van der Waals surface area contributed by atoms with Gasteiger partial charge in [-0.15, -0.1) is 24.0 Å². The van der Waals surface area contributed by atoms with Crippen molar-refractivity contribution >= 4 is 35.6 Å². The number of guanidine groups is 1. The summed E-state index contributed by atoms with van der Waals surface area (Å²) in [7, 11) is 1.70. The molecule has 1 fully saturated rings. The quantitative estimate of drug-likeness (QED) is 0.232. The van der Waals surface area contributed by atoms with E-state index in [-0.39, 0.29) is 24.0 Å². The van der Waals surface area contributed by atoms with Gasteiger partial charge in [-0.2, -0.15) is 0 Å². The van der Waals surface area contributed by atoms with Crippen LogP contribution >= 0.6 is 24.0 Å². The maximum atomic E-state index is 5.63. The summed E-state index contributed by atoms with van der Waals surface area (Å²) in [6, 6.07) is 12.1. The van der Waals surface area contributed by atoms with Crippen LogP contribution in [0.1, 0.15) is 19.1 Å². The van der Waals surface area contributed by atoms with Gasteiger partial charge in [-0.1, -0.05) is 0 Å². The van der Waals surface area contributed by atoms with Gasteiger partial charge in [0.1, 0.15) is 18.1 Å². The Morgan fingerprint density at radius 1 is 1.13 bits per heavy atom. The summed E-state index contributed by atoms with van der Waals surface area (Å²) in [5.74, 6) is 2.74. The van der Waals surface area contributed by atoms with Crippen LogP contribution in [0, 0.1) is 0 Å². The summed E-state index contributed by atoms with van der Waals surface area (Å²) in [6.45, 7) is 8.77. The molecule has 8 heteroatoms. The first-order valence-electron chi connectivity index (χ1n) is 10.3. The van der Waals surface area contributed by atoms with Gasteiger partial charge >= 0.3 is 0 Å². The summed E-state index contributed by atoms with van der Waals surface area (Å²) < 4.78 is 16.1. The van der Waals surface area contributed by atoms with Crippen molar-refractivity contribution in [2.45, 2.75) is 20.0 Å². The largest absolute Gasteiger partial charge is 0.497 e. The van der Waals surface area contributed by atoms with Crippen molar-refractivity contribution in [3.05, 3.63) is 48.4 Å². The number of rotatable bonds is 9. The number of nitrogens with one attached hydrogen (secondary N) is 1. The molecule has 7 nitrogen and oxygen atoms in total. The molecule has 2 heterocycles. The highest BCUT2D eigenvalue weighted by atomic mass is 127. The monoisotopic (exact) mass is 528 g/mol. The molecule has 1 aromatic heterocycles. The van der Waals surface area contributed by atoms with Crippen LogP contribution in [-0.2, 0) is 11.3 Å². The highest BCUT2D eigenvalue weighted by Gasteiger charge is 2.19. The van der Waals surface area contributed by atoms with Gasteiger partial charge < -0.3 is 29.0 Å². The second-order valence-corrected chi connectivity index (χ2v) is 6.89. The summed E-state index contributed by atoms with van der Waals surface area (Å²) in [4.78, 5) is 9.53. The van der Waals surface area contributed by atoms with Gasteiger partial charge in [0, 0.05) is 51.6 Å². The zero-order chi connectivity index (χ0) is 20.3. The number of anilines is 1. The lowest BCUT2D eigenvalue weighted by atomic mass is 10.2. The third kappa shape index (κ3) is 7.39. The molecule has 0 atom stereocenters. The summed E-state index contributed by atoms with van der Waals surface area (Å²) in [5.41, 5.74) is 1.24. The van der Waals surface area contributed by atoms with Gasteiger partial charge in [0.15, 0.2) is 5.96 Å². The molecular weight excluding hydrogens is 495 g/mol. The number of piperazine rings is 1. The Bertz CT molecular complexity index is 729. The highest BCUT2D eigenvalue weighted by molar-refractivity contribution is 14.0. The van der Waals surface area contributed by atoms with Gasteiger partial charge in [-0.05, 0) is 49.7 Å². The molecule has 30 heavy (non-hydrogen) atoms. The average molecular weight is 528 g/mol. The number of ether oxygens (including phenoxy) is 2. The molecule has 1 aliphatic rings. The standard InChI is InChI=1S/C22H32N4O3.HI/c1-3-23-22(24-11-5-16-28-18-21-6-4-17-29-21)26-14-12-25(13-15-26)19-7-9-20(27-2)10-8-19;/h4,6-10,17H,3,5,11-16,18H2,1-2H3,(H,23,24);1H. The zero-order valence-electron chi connectivity index (χ0n) is 17.9. The lowest BCUT2D eigenvalue weighted by Gasteiger charge is -2.37.